The van der Waals surface area contributed by atoms with Crippen molar-refractivity contribution in [3.05, 3.63) is 29.6 Å². The topological polar surface area (TPSA) is 105 Å². The van der Waals surface area contributed by atoms with Gasteiger partial charge in [-0.2, -0.15) is 0 Å². The minimum absolute atomic E-state index is 0.0365. The number of hydrogen-bond donors (Lipinski definition) is 4. The summed E-state index contributed by atoms with van der Waals surface area (Å²) in [7, 11) is 0. The van der Waals surface area contributed by atoms with E-state index in [0.717, 1.165) is 6.07 Å². The minimum Gasteiger partial charge on any atom is -0.384 e. The zero-order valence-corrected chi connectivity index (χ0v) is 8.59. The maximum atomic E-state index is 13.2. The summed E-state index contributed by atoms with van der Waals surface area (Å²) in [5, 5.41) is 9.67. The predicted molar refractivity (Wildman–Crippen MR) is 59.7 cm³/mol. The normalized spacial score (nSPS) is 9.88. The molecule has 0 aliphatic rings. The molecule has 0 atom stereocenters. The van der Waals surface area contributed by atoms with Crippen LogP contribution in [-0.4, -0.2) is 18.3 Å². The zero-order chi connectivity index (χ0) is 12.1. The first-order valence-electron chi connectivity index (χ1n) is 4.68. The number of nitrogen functional groups attached to an aromatic ring is 1. The highest BCUT2D eigenvalue weighted by Gasteiger charge is 2.07. The molecule has 86 valence electrons. The van der Waals surface area contributed by atoms with Gasteiger partial charge in [0.1, 0.15) is 11.7 Å². The van der Waals surface area contributed by atoms with Gasteiger partial charge in [0, 0.05) is 18.7 Å². The lowest BCUT2D eigenvalue weighted by molar-refractivity contribution is -0.116. The number of rotatable bonds is 4. The number of hydrogen-bond acceptors (Lipinski definition) is 3. The highest BCUT2D eigenvalue weighted by Crippen LogP contribution is 2.14. The number of nitrogens with one attached hydrogen (secondary N) is 2. The van der Waals surface area contributed by atoms with Crippen molar-refractivity contribution in [1.29, 1.82) is 5.41 Å². The number of benzene rings is 1. The molecular formula is C10H13FN4O. The van der Waals surface area contributed by atoms with Crippen molar-refractivity contribution in [1.82, 2.24) is 0 Å². The van der Waals surface area contributed by atoms with Crippen LogP contribution in [0.4, 0.5) is 10.1 Å². The van der Waals surface area contributed by atoms with Gasteiger partial charge in [0.05, 0.1) is 5.56 Å². The number of carbonyl (C=O) groups is 1. The summed E-state index contributed by atoms with van der Waals surface area (Å²) in [5.41, 5.74) is 10.8. The average molecular weight is 224 g/mol. The molecule has 0 aliphatic carbocycles. The Kier molecular flexibility index (Phi) is 3.96. The summed E-state index contributed by atoms with van der Waals surface area (Å²) in [6.45, 7) is 0.243. The van der Waals surface area contributed by atoms with Crippen molar-refractivity contribution in [3.8, 4) is 0 Å². The van der Waals surface area contributed by atoms with Crippen molar-refractivity contribution < 1.29 is 9.18 Å². The number of anilines is 1. The highest BCUT2D eigenvalue weighted by molar-refractivity contribution is 5.97. The largest absolute Gasteiger partial charge is 0.384 e. The van der Waals surface area contributed by atoms with Gasteiger partial charge in [-0.25, -0.2) is 4.39 Å². The van der Waals surface area contributed by atoms with E-state index in [9.17, 15) is 9.18 Å². The van der Waals surface area contributed by atoms with Gasteiger partial charge in [-0.3, -0.25) is 10.2 Å². The van der Waals surface area contributed by atoms with Crippen LogP contribution >= 0.6 is 0 Å². The van der Waals surface area contributed by atoms with E-state index in [1.54, 1.807) is 0 Å². The molecule has 0 heterocycles. The molecule has 1 aromatic rings. The number of amidine groups is 1. The van der Waals surface area contributed by atoms with Crippen LogP contribution in [0.15, 0.2) is 18.2 Å². The Hall–Kier alpha value is -1.95. The monoisotopic (exact) mass is 224 g/mol. The Morgan fingerprint density at radius 2 is 2.19 bits per heavy atom. The second-order valence-electron chi connectivity index (χ2n) is 3.20. The van der Waals surface area contributed by atoms with Crippen LogP contribution in [0.1, 0.15) is 12.0 Å². The molecule has 1 rings (SSSR count). The van der Waals surface area contributed by atoms with Gasteiger partial charge >= 0.3 is 0 Å². The van der Waals surface area contributed by atoms with E-state index in [1.807, 2.05) is 0 Å². The first kappa shape index (κ1) is 12.1. The van der Waals surface area contributed by atoms with E-state index in [2.05, 4.69) is 5.32 Å². The lowest BCUT2D eigenvalue weighted by Gasteiger charge is -2.07. The fourth-order valence-electron chi connectivity index (χ4n) is 1.16. The summed E-state index contributed by atoms with van der Waals surface area (Å²) in [5.74, 6) is -1.24. The smallest absolute Gasteiger partial charge is 0.225 e. The molecule has 0 saturated heterocycles. The van der Waals surface area contributed by atoms with Crippen LogP contribution in [0, 0.1) is 11.2 Å². The summed E-state index contributed by atoms with van der Waals surface area (Å²) in [6, 6.07) is 3.86. The third-order valence-electron chi connectivity index (χ3n) is 1.91. The Morgan fingerprint density at radius 1 is 1.50 bits per heavy atom. The predicted octanol–water partition coefficient (Wildman–Crippen LogP) is 0.397. The SMILES string of the molecule is N=C(N)c1cc(NC(=O)CCN)ccc1F. The van der Waals surface area contributed by atoms with Gasteiger partial charge in [0.25, 0.3) is 0 Å². The average Bonchev–Trinajstić information content (AvgIpc) is 2.21. The summed E-state index contributed by atoms with van der Waals surface area (Å²) < 4.78 is 13.2. The van der Waals surface area contributed by atoms with Crippen LogP contribution in [0.2, 0.25) is 0 Å². The van der Waals surface area contributed by atoms with Crippen LogP contribution in [-0.2, 0) is 4.79 Å². The molecule has 0 saturated carbocycles. The number of amides is 1. The molecule has 16 heavy (non-hydrogen) atoms. The van der Waals surface area contributed by atoms with Gasteiger partial charge in [-0.15, -0.1) is 0 Å². The molecule has 5 nitrogen and oxygen atoms in total. The van der Waals surface area contributed by atoms with Crippen molar-refractivity contribution in [2.24, 2.45) is 11.5 Å². The molecule has 6 heteroatoms. The first-order valence-corrected chi connectivity index (χ1v) is 4.68. The highest BCUT2D eigenvalue weighted by atomic mass is 19.1. The van der Waals surface area contributed by atoms with Crippen molar-refractivity contribution >= 4 is 17.4 Å². The van der Waals surface area contributed by atoms with Crippen molar-refractivity contribution in [2.75, 3.05) is 11.9 Å². The molecule has 0 bridgehead atoms. The first-order chi connectivity index (χ1) is 7.54. The summed E-state index contributed by atoms with van der Waals surface area (Å²) in [4.78, 5) is 11.2. The number of carbonyl (C=O) groups excluding carboxylic acids is 1. The molecule has 0 fully saturated rings. The Bertz CT molecular complexity index is 419. The number of halogens is 1. The van der Waals surface area contributed by atoms with Crippen molar-refractivity contribution in [3.63, 3.8) is 0 Å². The van der Waals surface area contributed by atoms with Gasteiger partial charge < -0.3 is 16.8 Å². The third kappa shape index (κ3) is 3.03. The lowest BCUT2D eigenvalue weighted by Crippen LogP contribution is -2.18. The van der Waals surface area contributed by atoms with E-state index in [1.165, 1.54) is 12.1 Å². The molecule has 0 unspecified atom stereocenters. The molecule has 0 radical (unpaired) electrons. The second kappa shape index (κ2) is 5.22. The zero-order valence-electron chi connectivity index (χ0n) is 8.59. The quantitative estimate of drug-likeness (QED) is 0.439. The molecule has 1 aromatic carbocycles. The lowest BCUT2D eigenvalue weighted by atomic mass is 10.1. The van der Waals surface area contributed by atoms with E-state index in [4.69, 9.17) is 16.9 Å². The third-order valence-corrected chi connectivity index (χ3v) is 1.91. The molecule has 0 aromatic heterocycles. The van der Waals surface area contributed by atoms with Crippen molar-refractivity contribution in [2.45, 2.75) is 6.42 Å². The Morgan fingerprint density at radius 3 is 2.75 bits per heavy atom. The van der Waals surface area contributed by atoms with Crippen LogP contribution in [0.5, 0.6) is 0 Å². The van der Waals surface area contributed by atoms with Crippen LogP contribution in [0.3, 0.4) is 0 Å². The fraction of sp³-hybridized carbons (Fsp3) is 0.200. The Balaban J connectivity index is 2.87. The van der Waals surface area contributed by atoms with E-state index in [0.29, 0.717) is 5.69 Å². The molecule has 0 aliphatic heterocycles. The molecule has 0 spiro atoms. The van der Waals surface area contributed by atoms with E-state index in [-0.39, 0.29) is 30.3 Å². The molecule has 6 N–H and O–H groups in total. The number of nitrogens with two attached hydrogens (primary N) is 2. The van der Waals surface area contributed by atoms with Gasteiger partial charge in [0.15, 0.2) is 0 Å². The van der Waals surface area contributed by atoms with Crippen LogP contribution in [0.25, 0.3) is 0 Å². The minimum atomic E-state index is -0.593. The van der Waals surface area contributed by atoms with E-state index < -0.39 is 5.82 Å². The summed E-state index contributed by atoms with van der Waals surface area (Å²) >= 11 is 0. The van der Waals surface area contributed by atoms with E-state index >= 15 is 0 Å². The molecular weight excluding hydrogens is 211 g/mol. The summed E-state index contributed by atoms with van der Waals surface area (Å²) in [6.07, 6.45) is 0.187. The Labute approximate surface area is 92.1 Å². The maximum absolute atomic E-state index is 13.2. The van der Waals surface area contributed by atoms with Gasteiger partial charge in [-0.1, -0.05) is 0 Å². The van der Waals surface area contributed by atoms with Crippen LogP contribution < -0.4 is 16.8 Å². The molecule has 1 amide bonds. The van der Waals surface area contributed by atoms with Gasteiger partial charge in [-0.05, 0) is 18.2 Å². The maximum Gasteiger partial charge on any atom is 0.225 e. The standard InChI is InChI=1S/C10H13FN4O/c11-8-2-1-6(5-7(8)10(13)14)15-9(16)3-4-12/h1-2,5H,3-4,12H2,(H3,13,14)(H,15,16). The van der Waals surface area contributed by atoms with Gasteiger partial charge in [0.2, 0.25) is 5.91 Å². The fourth-order valence-corrected chi connectivity index (χ4v) is 1.16. The second-order valence-corrected chi connectivity index (χ2v) is 3.20.